The molecule has 0 aliphatic rings. The van der Waals surface area contributed by atoms with Crippen molar-refractivity contribution >= 4 is 43.5 Å². The first kappa shape index (κ1) is 16.6. The van der Waals surface area contributed by atoms with Crippen molar-refractivity contribution in [1.29, 1.82) is 0 Å². The molecule has 0 atom stereocenters. The molecular weight excluding hydrogens is 436 g/mol. The predicted molar refractivity (Wildman–Crippen MR) is 83.3 cm³/mol. The Kier molecular flexibility index (Phi) is 5.22. The van der Waals surface area contributed by atoms with Crippen molar-refractivity contribution in [3.63, 3.8) is 0 Å². The van der Waals surface area contributed by atoms with E-state index in [1.807, 2.05) is 0 Å². The second-order valence-electron chi connectivity index (χ2n) is 4.14. The van der Waals surface area contributed by atoms with Crippen LogP contribution in [0.3, 0.4) is 0 Å². The smallest absolute Gasteiger partial charge is 0.419 e. The number of benzene rings is 2. The van der Waals surface area contributed by atoms with Crippen LogP contribution in [0.2, 0.25) is 5.02 Å². The Labute approximate surface area is 141 Å². The van der Waals surface area contributed by atoms with Crippen molar-refractivity contribution < 1.29 is 17.9 Å². The van der Waals surface area contributed by atoms with Gasteiger partial charge in [-0.3, -0.25) is 0 Å². The van der Waals surface area contributed by atoms with E-state index in [1.54, 1.807) is 18.2 Å². The molecule has 2 aromatic carbocycles. The fourth-order valence-corrected chi connectivity index (χ4v) is 2.71. The Morgan fingerprint density at radius 1 is 1.05 bits per heavy atom. The zero-order chi connectivity index (χ0) is 15.6. The molecule has 0 unspecified atom stereocenters. The highest BCUT2D eigenvalue weighted by molar-refractivity contribution is 9.10. The Morgan fingerprint density at radius 3 is 2.29 bits per heavy atom. The lowest BCUT2D eigenvalue weighted by molar-refractivity contribution is -0.138. The molecule has 21 heavy (non-hydrogen) atoms. The van der Waals surface area contributed by atoms with E-state index in [0.717, 1.165) is 6.07 Å². The van der Waals surface area contributed by atoms with Crippen LogP contribution in [-0.4, -0.2) is 0 Å². The highest BCUT2D eigenvalue weighted by Crippen LogP contribution is 2.40. The molecule has 0 radical (unpaired) electrons. The molecule has 0 N–H and O–H groups in total. The third kappa shape index (κ3) is 4.14. The van der Waals surface area contributed by atoms with Crippen LogP contribution >= 0.6 is 43.5 Å². The van der Waals surface area contributed by atoms with Crippen LogP contribution in [0.5, 0.6) is 11.5 Å². The molecule has 0 saturated heterocycles. The Balaban J connectivity index is 2.44. The van der Waals surface area contributed by atoms with Gasteiger partial charge in [0.1, 0.15) is 11.5 Å². The van der Waals surface area contributed by atoms with Crippen molar-refractivity contribution in [3.8, 4) is 11.5 Å². The second kappa shape index (κ2) is 6.58. The quantitative estimate of drug-likeness (QED) is 0.473. The zero-order valence-electron chi connectivity index (χ0n) is 10.3. The second-order valence-corrected chi connectivity index (χ2v) is 6.02. The highest BCUT2D eigenvalue weighted by atomic mass is 79.9. The molecule has 0 aromatic heterocycles. The first-order chi connectivity index (χ1) is 9.81. The maximum absolute atomic E-state index is 13.1. The van der Waals surface area contributed by atoms with Gasteiger partial charge in [-0.2, -0.15) is 13.2 Å². The van der Waals surface area contributed by atoms with Gasteiger partial charge in [-0.05, 0) is 35.9 Å². The minimum Gasteiger partial charge on any atom is -0.455 e. The molecule has 0 saturated carbocycles. The van der Waals surface area contributed by atoms with Gasteiger partial charge >= 0.3 is 6.18 Å². The summed E-state index contributed by atoms with van der Waals surface area (Å²) in [4.78, 5) is 0. The lowest BCUT2D eigenvalue weighted by Gasteiger charge is -2.15. The summed E-state index contributed by atoms with van der Waals surface area (Å²) in [6.45, 7) is 0. The van der Waals surface area contributed by atoms with Gasteiger partial charge in [0.15, 0.2) is 0 Å². The molecule has 1 nitrogen and oxygen atoms in total. The van der Waals surface area contributed by atoms with Crippen molar-refractivity contribution in [2.75, 3.05) is 0 Å². The first-order valence-electron chi connectivity index (χ1n) is 5.70. The van der Waals surface area contributed by atoms with Crippen LogP contribution in [0.4, 0.5) is 13.2 Å². The summed E-state index contributed by atoms with van der Waals surface area (Å²) in [5.74, 6) is -0.117. The first-order valence-corrected chi connectivity index (χ1v) is 7.99. The maximum atomic E-state index is 13.1. The summed E-state index contributed by atoms with van der Waals surface area (Å²) in [6.07, 6.45) is -4.50. The van der Waals surface area contributed by atoms with E-state index in [1.165, 1.54) is 12.1 Å². The Morgan fingerprint density at radius 2 is 1.71 bits per heavy atom. The minimum absolute atomic E-state index is 0.164. The standard InChI is InChI=1S/C14H8Br2ClF3O/c15-7-8-1-3-12(10(5-8)14(18,19)20)21-13-4-2-9(16)6-11(13)17/h1-6H,7H2. The molecule has 0 bridgehead atoms. The molecule has 0 amide bonds. The van der Waals surface area contributed by atoms with Gasteiger partial charge in [-0.25, -0.2) is 0 Å². The summed E-state index contributed by atoms with van der Waals surface area (Å²) in [5, 5.41) is 0.553. The highest BCUT2D eigenvalue weighted by Gasteiger charge is 2.35. The summed E-state index contributed by atoms with van der Waals surface area (Å²) in [6, 6.07) is 8.60. The Hall–Kier alpha value is -0.720. The van der Waals surface area contributed by atoms with Crippen LogP contribution in [0, 0.1) is 0 Å². The molecule has 7 heteroatoms. The monoisotopic (exact) mass is 442 g/mol. The fraction of sp³-hybridized carbons (Fsp3) is 0.143. The minimum atomic E-state index is -4.50. The number of alkyl halides is 4. The average Bonchev–Trinajstić information content (AvgIpc) is 2.41. The molecule has 0 heterocycles. The molecule has 2 aromatic rings. The van der Waals surface area contributed by atoms with Crippen molar-refractivity contribution in [2.24, 2.45) is 0 Å². The van der Waals surface area contributed by atoms with Crippen LogP contribution in [0.1, 0.15) is 11.1 Å². The van der Waals surface area contributed by atoms with Gasteiger partial charge in [-0.15, -0.1) is 0 Å². The largest absolute Gasteiger partial charge is 0.455 e. The molecular formula is C14H8Br2ClF3O. The molecule has 0 aliphatic heterocycles. The molecule has 0 aliphatic carbocycles. The van der Waals surface area contributed by atoms with E-state index in [9.17, 15) is 13.2 Å². The van der Waals surface area contributed by atoms with E-state index in [0.29, 0.717) is 15.4 Å². The lowest BCUT2D eigenvalue weighted by atomic mass is 10.1. The van der Waals surface area contributed by atoms with Crippen LogP contribution in [-0.2, 0) is 11.5 Å². The third-order valence-corrected chi connectivity index (χ3v) is 4.05. The van der Waals surface area contributed by atoms with E-state index in [2.05, 4.69) is 31.9 Å². The summed E-state index contributed by atoms with van der Waals surface area (Å²) < 4.78 is 45.3. The number of hydrogen-bond donors (Lipinski definition) is 0. The number of ether oxygens (including phenoxy) is 1. The van der Waals surface area contributed by atoms with Crippen molar-refractivity contribution in [2.45, 2.75) is 11.5 Å². The van der Waals surface area contributed by atoms with Gasteiger partial charge in [0.25, 0.3) is 0 Å². The van der Waals surface area contributed by atoms with Gasteiger partial charge in [0.2, 0.25) is 0 Å². The van der Waals surface area contributed by atoms with E-state index in [4.69, 9.17) is 16.3 Å². The SMILES string of the molecule is FC(F)(F)c1cc(CBr)ccc1Oc1ccc(Br)cc1Cl. The molecule has 2 rings (SSSR count). The van der Waals surface area contributed by atoms with Gasteiger partial charge in [-0.1, -0.05) is 49.5 Å². The maximum Gasteiger partial charge on any atom is 0.419 e. The molecule has 0 spiro atoms. The zero-order valence-corrected chi connectivity index (χ0v) is 14.3. The summed E-state index contributed by atoms with van der Waals surface area (Å²) in [7, 11) is 0. The van der Waals surface area contributed by atoms with Gasteiger partial charge in [0.05, 0.1) is 10.6 Å². The van der Waals surface area contributed by atoms with E-state index in [-0.39, 0.29) is 16.5 Å². The van der Waals surface area contributed by atoms with Crippen molar-refractivity contribution in [3.05, 3.63) is 57.0 Å². The van der Waals surface area contributed by atoms with Crippen LogP contribution in [0.15, 0.2) is 40.9 Å². The van der Waals surface area contributed by atoms with E-state index >= 15 is 0 Å². The molecule has 112 valence electrons. The number of halogens is 6. The van der Waals surface area contributed by atoms with Crippen molar-refractivity contribution in [1.82, 2.24) is 0 Å². The lowest BCUT2D eigenvalue weighted by Crippen LogP contribution is -2.08. The fourth-order valence-electron chi connectivity index (χ4n) is 1.65. The van der Waals surface area contributed by atoms with Crippen LogP contribution < -0.4 is 4.74 Å². The summed E-state index contributed by atoms with van der Waals surface area (Å²) >= 11 is 12.3. The van der Waals surface area contributed by atoms with Gasteiger partial charge < -0.3 is 4.74 Å². The third-order valence-electron chi connectivity index (χ3n) is 2.62. The Bertz CT molecular complexity index is 659. The number of hydrogen-bond acceptors (Lipinski definition) is 1. The molecule has 0 fully saturated rings. The topological polar surface area (TPSA) is 9.23 Å². The van der Waals surface area contributed by atoms with E-state index < -0.39 is 11.7 Å². The predicted octanol–water partition coefficient (Wildman–Crippen LogP) is 6.81. The van der Waals surface area contributed by atoms with Crippen LogP contribution in [0.25, 0.3) is 0 Å². The van der Waals surface area contributed by atoms with Gasteiger partial charge in [0, 0.05) is 9.80 Å². The summed E-state index contributed by atoms with van der Waals surface area (Å²) in [5.41, 5.74) is -0.324. The average molecular weight is 444 g/mol. The number of rotatable bonds is 3. The normalized spacial score (nSPS) is 11.5.